The fourth-order valence-electron chi connectivity index (χ4n) is 17.5. The molecule has 514 valence electrons. The van der Waals surface area contributed by atoms with Gasteiger partial charge in [0.25, 0.3) is 23.6 Å². The van der Waals surface area contributed by atoms with Crippen molar-refractivity contribution < 1.29 is 19.2 Å². The zero-order chi connectivity index (χ0) is 68.4. The number of hydrogen-bond acceptors (Lipinski definition) is 10. The van der Waals surface area contributed by atoms with Gasteiger partial charge >= 0.3 is 0 Å². The van der Waals surface area contributed by atoms with Crippen LogP contribution in [0.1, 0.15) is 234 Å². The molecule has 14 heteroatoms. The van der Waals surface area contributed by atoms with Crippen molar-refractivity contribution >= 4 is 134 Å². The molecule has 0 radical (unpaired) electrons. The smallest absolute Gasteiger partial charge is 0.263 e. The van der Waals surface area contributed by atoms with Crippen LogP contribution in [-0.4, -0.2) is 62.7 Å². The van der Waals surface area contributed by atoms with E-state index in [-0.39, 0.29) is 23.6 Å². The Bertz CT molecular complexity index is 4330. The average molecular weight is 1450 g/mol. The number of fused-ring (bicyclic) bond motifs is 8. The van der Waals surface area contributed by atoms with Crippen LogP contribution in [0, 0.1) is 39.5 Å². The molecule has 0 N–H and O–H groups in total. The van der Waals surface area contributed by atoms with Gasteiger partial charge in [0.05, 0.1) is 32.0 Å². The lowest BCUT2D eigenvalue weighted by Crippen LogP contribution is -2.65. The molecule has 4 aliphatic heterocycles. The summed E-state index contributed by atoms with van der Waals surface area (Å²) in [6, 6.07) is 43.5. The van der Waals surface area contributed by atoms with Gasteiger partial charge in [-0.1, -0.05) is 209 Å². The number of carbonyl (C=O) groups is 4. The molecule has 1 saturated carbocycles. The fraction of sp³-hybridized carbons (Fsp3) is 0.452. The number of benzene rings is 3. The number of hydrogen-bond donors (Lipinski definition) is 0. The SMILES string of the molecule is CCCCC(CC)C[Si]1(C2CCCCC2)c2cc(C)sc2-c2sc(-c3sc(C)c4c3C(=O)N(CCCCc3ccccc3)C4=O)cc21.CCCCc1ccc([Si]2(CC(CC)CCCC)c3cc(C)sc3-c3sc(-c4sc(C)c5c4C(=O)N(CCCCc4ccccc4)C5=O)cc32)cc1. The minimum Gasteiger partial charge on any atom is -0.274 e. The fourth-order valence-corrected chi connectivity index (χ4v) is 40.0. The first-order valence-electron chi connectivity index (χ1n) is 37.4. The van der Waals surface area contributed by atoms with E-state index in [2.05, 4.69) is 146 Å². The maximum atomic E-state index is 14.1. The van der Waals surface area contributed by atoms with E-state index < -0.39 is 16.1 Å². The average Bonchev–Trinajstić information content (AvgIpc) is 1.52. The first-order chi connectivity index (χ1) is 47.7. The molecule has 10 heterocycles. The van der Waals surface area contributed by atoms with E-state index in [0.717, 1.165) is 80.8 Å². The second-order valence-corrected chi connectivity index (χ2v) is 44.2. The highest BCUT2D eigenvalue weighted by molar-refractivity contribution is 7.34. The van der Waals surface area contributed by atoms with Gasteiger partial charge in [0, 0.05) is 61.9 Å². The van der Waals surface area contributed by atoms with Crippen molar-refractivity contribution in [2.45, 2.75) is 221 Å². The van der Waals surface area contributed by atoms with Gasteiger partial charge in [0.1, 0.15) is 8.07 Å². The van der Waals surface area contributed by atoms with E-state index in [0.29, 0.717) is 41.3 Å². The molecule has 4 amide bonds. The maximum absolute atomic E-state index is 14.1. The predicted octanol–water partition coefficient (Wildman–Crippen LogP) is 21.7. The van der Waals surface area contributed by atoms with Crippen LogP contribution >= 0.6 is 68.0 Å². The highest BCUT2D eigenvalue weighted by Crippen LogP contribution is 2.54. The molecular formula is C84H100N2O4S6Si2. The molecule has 98 heavy (non-hydrogen) atoms. The normalized spacial score (nSPS) is 18.3. The van der Waals surface area contributed by atoms with Crippen molar-refractivity contribution in [2.75, 3.05) is 13.1 Å². The molecule has 1 fully saturated rings. The molecular weight excluding hydrogens is 1350 g/mol. The summed E-state index contributed by atoms with van der Waals surface area (Å²) in [6.07, 6.45) is 26.1. The first-order valence-corrected chi connectivity index (χ1v) is 46.7. The minimum absolute atomic E-state index is 0.0771. The van der Waals surface area contributed by atoms with E-state index in [1.807, 2.05) is 71.3 Å². The highest BCUT2D eigenvalue weighted by Gasteiger charge is 2.55. The zero-order valence-electron chi connectivity index (χ0n) is 59.5. The van der Waals surface area contributed by atoms with E-state index in [1.54, 1.807) is 48.0 Å². The molecule has 4 unspecified atom stereocenters. The summed E-state index contributed by atoms with van der Waals surface area (Å²) in [6.45, 7) is 21.3. The molecule has 5 aliphatic rings. The van der Waals surface area contributed by atoms with Gasteiger partial charge in [0.2, 0.25) is 0 Å². The van der Waals surface area contributed by atoms with Gasteiger partial charge in [-0.15, -0.1) is 68.0 Å². The van der Waals surface area contributed by atoms with Crippen LogP contribution < -0.4 is 25.9 Å². The molecule has 0 spiro atoms. The van der Waals surface area contributed by atoms with Crippen molar-refractivity contribution in [1.29, 1.82) is 0 Å². The second kappa shape index (κ2) is 31.0. The van der Waals surface area contributed by atoms with Crippen LogP contribution in [0.5, 0.6) is 0 Å². The summed E-state index contributed by atoms with van der Waals surface area (Å²) in [5.41, 5.74) is 7.48. The number of rotatable bonds is 29. The van der Waals surface area contributed by atoms with Crippen molar-refractivity contribution in [3.05, 3.63) is 168 Å². The van der Waals surface area contributed by atoms with Gasteiger partial charge in [-0.2, -0.15) is 0 Å². The number of unbranched alkanes of at least 4 members (excludes halogenated alkanes) is 5. The standard InChI is InChI=1S/C44H51NO2S3Si.C40H49NO2S3Si/c1-6-9-16-31(8-3)28-51(34-23-21-33(22-24-34)17-10-7-2)36-26-29(4)48-41(36)42-37(51)27-35(50-42)40-39-38(30(5)49-40)43(46)45(44(39)47)25-15-14-20-32-18-12-11-13-19-32;1-5-7-16-28(6-2)25-47(30-20-12-9-13-21-30)32-23-26(3)44-37(32)38-33(47)24-31(46-38)36-35-34(27(4)45-36)39(42)41(40(35)43)22-15-14-19-29-17-10-8-11-18-29/h11-13,18-19,21-24,26-27,31H,6-10,14-17,20,25,28H2,1-5H3;8,10-11,17-18,23-24,28,30H,5-7,9,12-16,19-22,25H2,1-4H3. The second-order valence-electron chi connectivity index (χ2n) is 29.0. The quantitative estimate of drug-likeness (QED) is 0.0266. The Kier molecular flexibility index (Phi) is 22.5. The van der Waals surface area contributed by atoms with Crippen LogP contribution in [0.15, 0.2) is 109 Å². The van der Waals surface area contributed by atoms with Crippen molar-refractivity contribution in [3.63, 3.8) is 0 Å². The Hall–Kier alpha value is -5.43. The number of imide groups is 2. The number of aryl methyl sites for hydroxylation is 7. The summed E-state index contributed by atoms with van der Waals surface area (Å²) < 4.78 is 0. The Labute approximate surface area is 610 Å². The van der Waals surface area contributed by atoms with Gasteiger partial charge in [0.15, 0.2) is 8.07 Å². The molecule has 0 bridgehead atoms. The number of carbonyl (C=O) groups excluding carboxylic acids is 4. The van der Waals surface area contributed by atoms with E-state index in [4.69, 9.17) is 0 Å². The van der Waals surface area contributed by atoms with Crippen LogP contribution in [-0.2, 0) is 19.3 Å². The van der Waals surface area contributed by atoms with Crippen LogP contribution in [0.25, 0.3) is 39.0 Å². The predicted molar refractivity (Wildman–Crippen MR) is 428 cm³/mol. The number of nitrogens with zero attached hydrogens (tertiary/aromatic N) is 2. The summed E-state index contributed by atoms with van der Waals surface area (Å²) in [7, 11) is -4.43. The van der Waals surface area contributed by atoms with Crippen molar-refractivity contribution in [3.8, 4) is 39.0 Å². The number of thiophene rings is 6. The van der Waals surface area contributed by atoms with E-state index in [1.165, 1.54) is 170 Å². The first kappa shape index (κ1) is 71.0. The van der Waals surface area contributed by atoms with Gasteiger partial charge in [-0.05, 0) is 175 Å². The van der Waals surface area contributed by atoms with Gasteiger partial charge < -0.3 is 0 Å². The van der Waals surface area contributed by atoms with Gasteiger partial charge in [-0.25, -0.2) is 0 Å². The largest absolute Gasteiger partial charge is 0.274 e. The third-order valence-corrected chi connectivity index (χ3v) is 41.7. The summed E-state index contributed by atoms with van der Waals surface area (Å²) in [5, 5.41) is 8.09. The topological polar surface area (TPSA) is 74.8 Å². The van der Waals surface area contributed by atoms with Crippen LogP contribution in [0.2, 0.25) is 17.6 Å². The lowest BCUT2D eigenvalue weighted by Gasteiger charge is -2.41. The van der Waals surface area contributed by atoms with Crippen LogP contribution in [0.4, 0.5) is 0 Å². The Morgan fingerprint density at radius 3 is 1.35 bits per heavy atom. The van der Waals surface area contributed by atoms with E-state index >= 15 is 0 Å². The molecule has 0 saturated heterocycles. The van der Waals surface area contributed by atoms with Crippen molar-refractivity contribution in [2.24, 2.45) is 11.8 Å². The highest BCUT2D eigenvalue weighted by atomic mass is 32.1. The lowest BCUT2D eigenvalue weighted by molar-refractivity contribution is 0.0636. The Morgan fingerprint density at radius 1 is 0.418 bits per heavy atom. The van der Waals surface area contributed by atoms with Gasteiger partial charge in [-0.3, -0.25) is 29.0 Å². The maximum Gasteiger partial charge on any atom is 0.263 e. The molecule has 6 aromatic heterocycles. The lowest BCUT2D eigenvalue weighted by atomic mass is 10.00. The third-order valence-electron chi connectivity index (χ3n) is 22.7. The van der Waals surface area contributed by atoms with E-state index in [9.17, 15) is 19.2 Å². The number of amides is 4. The molecule has 3 aromatic carbocycles. The molecule has 9 aromatic rings. The molecule has 4 atom stereocenters. The summed E-state index contributed by atoms with van der Waals surface area (Å²) >= 11 is 11.1. The minimum atomic E-state index is -2.38. The Morgan fingerprint density at radius 2 is 0.837 bits per heavy atom. The summed E-state index contributed by atoms with van der Waals surface area (Å²) in [4.78, 5) is 73.9. The molecule has 14 rings (SSSR count). The zero-order valence-corrected chi connectivity index (χ0v) is 66.4. The third kappa shape index (κ3) is 13.4. The molecule has 1 aliphatic carbocycles. The molecule has 6 nitrogen and oxygen atoms in total. The monoisotopic (exact) mass is 1450 g/mol. The summed E-state index contributed by atoms with van der Waals surface area (Å²) in [5.74, 6) is 1.07. The van der Waals surface area contributed by atoms with Crippen molar-refractivity contribution in [1.82, 2.24) is 9.80 Å². The Balaban J connectivity index is 0.000000177. The van der Waals surface area contributed by atoms with Crippen LogP contribution in [0.3, 0.4) is 0 Å².